The minimum absolute atomic E-state index is 0.0116. The second-order valence-electron chi connectivity index (χ2n) is 6.40. The number of carbonyl (C=O) groups excluding carboxylic acids is 1. The van der Waals surface area contributed by atoms with E-state index in [0.717, 1.165) is 5.56 Å². The number of aromatic nitrogens is 2. The van der Waals surface area contributed by atoms with Crippen LogP contribution in [0.25, 0.3) is 11.4 Å². The molecule has 138 valence electrons. The molecular weight excluding hydrogens is 343 g/mol. The van der Waals surface area contributed by atoms with Crippen molar-refractivity contribution in [3.05, 3.63) is 77.7 Å². The number of halogens is 1. The first kappa shape index (κ1) is 18.5. The summed E-state index contributed by atoms with van der Waals surface area (Å²) in [6, 6.07) is 17.5. The van der Waals surface area contributed by atoms with Crippen molar-refractivity contribution in [3.63, 3.8) is 0 Å². The van der Waals surface area contributed by atoms with Crippen LogP contribution >= 0.6 is 0 Å². The molecule has 0 aliphatic rings. The van der Waals surface area contributed by atoms with Gasteiger partial charge in [0.2, 0.25) is 0 Å². The van der Waals surface area contributed by atoms with Gasteiger partial charge in [-0.1, -0.05) is 48.5 Å². The van der Waals surface area contributed by atoms with Gasteiger partial charge in [-0.3, -0.25) is 4.79 Å². The fourth-order valence-electron chi connectivity index (χ4n) is 2.53. The van der Waals surface area contributed by atoms with E-state index in [1.807, 2.05) is 44.2 Å². The highest BCUT2D eigenvalue weighted by Crippen LogP contribution is 2.19. The Morgan fingerprint density at radius 1 is 1.04 bits per heavy atom. The van der Waals surface area contributed by atoms with Crippen LogP contribution in [0.5, 0.6) is 0 Å². The van der Waals surface area contributed by atoms with E-state index in [0.29, 0.717) is 17.2 Å². The Kier molecular flexibility index (Phi) is 5.76. The zero-order valence-corrected chi connectivity index (χ0v) is 15.2. The number of nitrogens with one attached hydrogen (secondary N) is 2. The van der Waals surface area contributed by atoms with Gasteiger partial charge in [0.25, 0.3) is 5.91 Å². The van der Waals surface area contributed by atoms with Gasteiger partial charge in [0.1, 0.15) is 17.3 Å². The van der Waals surface area contributed by atoms with E-state index in [4.69, 9.17) is 0 Å². The molecule has 0 bridgehead atoms. The smallest absolute Gasteiger partial charge is 0.270 e. The van der Waals surface area contributed by atoms with Crippen LogP contribution in [0.3, 0.4) is 0 Å². The molecule has 3 rings (SSSR count). The summed E-state index contributed by atoms with van der Waals surface area (Å²) in [5, 5.41) is 5.92. The number of amides is 1. The zero-order chi connectivity index (χ0) is 19.2. The lowest BCUT2D eigenvalue weighted by Crippen LogP contribution is -2.31. The predicted octanol–water partition coefficient (Wildman–Crippen LogP) is 4.03. The molecule has 0 aliphatic heterocycles. The Balaban J connectivity index is 1.92. The molecule has 0 unspecified atom stereocenters. The third-order valence-electron chi connectivity index (χ3n) is 3.83. The van der Waals surface area contributed by atoms with Crippen LogP contribution in [-0.2, 0) is 6.54 Å². The Morgan fingerprint density at radius 3 is 2.44 bits per heavy atom. The lowest BCUT2D eigenvalue weighted by molar-refractivity contribution is 0.0938. The van der Waals surface area contributed by atoms with Gasteiger partial charge < -0.3 is 10.6 Å². The van der Waals surface area contributed by atoms with Gasteiger partial charge in [-0.15, -0.1) is 0 Å². The number of carbonyl (C=O) groups is 1. The molecule has 0 saturated heterocycles. The molecule has 1 aromatic heterocycles. The van der Waals surface area contributed by atoms with Crippen LogP contribution in [0.1, 0.15) is 29.9 Å². The molecule has 6 heteroatoms. The summed E-state index contributed by atoms with van der Waals surface area (Å²) in [6.07, 6.45) is 0. The van der Waals surface area contributed by atoms with Crippen LogP contribution in [-0.4, -0.2) is 21.9 Å². The second-order valence-corrected chi connectivity index (χ2v) is 6.40. The van der Waals surface area contributed by atoms with Gasteiger partial charge in [0.05, 0.1) is 0 Å². The van der Waals surface area contributed by atoms with Gasteiger partial charge in [-0.25, -0.2) is 14.4 Å². The molecule has 2 aromatic carbocycles. The highest BCUT2D eigenvalue weighted by molar-refractivity contribution is 5.93. The molecule has 2 N–H and O–H groups in total. The summed E-state index contributed by atoms with van der Waals surface area (Å²) < 4.78 is 13.9. The van der Waals surface area contributed by atoms with E-state index in [1.165, 1.54) is 6.07 Å². The van der Waals surface area contributed by atoms with Crippen molar-refractivity contribution in [1.29, 1.82) is 0 Å². The topological polar surface area (TPSA) is 66.9 Å². The van der Waals surface area contributed by atoms with Gasteiger partial charge in [-0.05, 0) is 19.9 Å². The molecule has 0 spiro atoms. The van der Waals surface area contributed by atoms with Crippen LogP contribution in [0, 0.1) is 5.82 Å². The molecule has 0 radical (unpaired) electrons. The van der Waals surface area contributed by atoms with E-state index >= 15 is 0 Å². The first-order chi connectivity index (χ1) is 13.0. The van der Waals surface area contributed by atoms with E-state index < -0.39 is 0 Å². The van der Waals surface area contributed by atoms with Gasteiger partial charge >= 0.3 is 0 Å². The van der Waals surface area contributed by atoms with Crippen LogP contribution in [0.4, 0.5) is 10.2 Å². The lowest BCUT2D eigenvalue weighted by atomic mass is 10.2. The van der Waals surface area contributed by atoms with Crippen LogP contribution in [0.2, 0.25) is 0 Å². The summed E-state index contributed by atoms with van der Waals surface area (Å²) in [5.74, 6) is 0.322. The second kappa shape index (κ2) is 8.40. The SMILES string of the molecule is CC(C)NC(=O)c1cc(NCc2ccccc2F)nc(-c2ccccc2)n1. The molecule has 0 aliphatic carbocycles. The molecule has 3 aromatic rings. The highest BCUT2D eigenvalue weighted by atomic mass is 19.1. The van der Waals surface area contributed by atoms with Crippen molar-refractivity contribution in [3.8, 4) is 11.4 Å². The fraction of sp³-hybridized carbons (Fsp3) is 0.190. The number of hydrogen-bond acceptors (Lipinski definition) is 4. The maximum Gasteiger partial charge on any atom is 0.270 e. The third-order valence-corrected chi connectivity index (χ3v) is 3.83. The fourth-order valence-corrected chi connectivity index (χ4v) is 2.53. The van der Waals surface area contributed by atoms with Crippen LogP contribution < -0.4 is 10.6 Å². The summed E-state index contributed by atoms with van der Waals surface area (Å²) in [4.78, 5) is 21.3. The minimum atomic E-state index is -0.292. The molecule has 1 amide bonds. The molecule has 0 fully saturated rings. The largest absolute Gasteiger partial charge is 0.366 e. The molecule has 1 heterocycles. The first-order valence-corrected chi connectivity index (χ1v) is 8.75. The standard InChI is InChI=1S/C21H21FN4O/c1-14(2)24-21(27)18-12-19(23-13-16-10-6-7-11-17(16)22)26-20(25-18)15-8-4-3-5-9-15/h3-12,14H,13H2,1-2H3,(H,24,27)(H,23,25,26). The van der Waals surface area contributed by atoms with Gasteiger partial charge in [0.15, 0.2) is 5.82 Å². The number of anilines is 1. The molecule has 0 saturated carbocycles. The predicted molar refractivity (Wildman–Crippen MR) is 104 cm³/mol. The maximum atomic E-state index is 13.9. The van der Waals surface area contributed by atoms with Crippen molar-refractivity contribution in [2.24, 2.45) is 0 Å². The molecular formula is C21H21FN4O. The van der Waals surface area contributed by atoms with Crippen LogP contribution in [0.15, 0.2) is 60.7 Å². The lowest BCUT2D eigenvalue weighted by Gasteiger charge is -2.12. The minimum Gasteiger partial charge on any atom is -0.366 e. The average molecular weight is 364 g/mol. The number of rotatable bonds is 6. The maximum absolute atomic E-state index is 13.9. The summed E-state index contributed by atoms with van der Waals surface area (Å²) in [7, 11) is 0. The molecule has 0 atom stereocenters. The number of benzene rings is 2. The Bertz CT molecular complexity index is 928. The Labute approximate surface area is 157 Å². The van der Waals surface area contributed by atoms with Gasteiger partial charge in [0, 0.05) is 29.8 Å². The molecule has 27 heavy (non-hydrogen) atoms. The summed E-state index contributed by atoms with van der Waals surface area (Å²) >= 11 is 0. The van der Waals surface area contributed by atoms with E-state index in [2.05, 4.69) is 20.6 Å². The van der Waals surface area contributed by atoms with E-state index in [1.54, 1.807) is 24.3 Å². The summed E-state index contributed by atoms with van der Waals surface area (Å²) in [6.45, 7) is 4.02. The first-order valence-electron chi connectivity index (χ1n) is 8.75. The van der Waals surface area contributed by atoms with Crippen molar-refractivity contribution >= 4 is 11.7 Å². The third kappa shape index (κ3) is 4.88. The normalized spacial score (nSPS) is 10.7. The van der Waals surface area contributed by atoms with E-state index in [9.17, 15) is 9.18 Å². The Morgan fingerprint density at radius 2 is 1.74 bits per heavy atom. The van der Waals surface area contributed by atoms with Gasteiger partial charge in [-0.2, -0.15) is 0 Å². The van der Waals surface area contributed by atoms with E-state index in [-0.39, 0.29) is 30.0 Å². The molecule has 5 nitrogen and oxygen atoms in total. The van der Waals surface area contributed by atoms with Crippen molar-refractivity contribution in [2.75, 3.05) is 5.32 Å². The zero-order valence-electron chi connectivity index (χ0n) is 15.2. The summed E-state index contributed by atoms with van der Waals surface area (Å²) in [5.41, 5.74) is 1.57. The monoisotopic (exact) mass is 364 g/mol. The van der Waals surface area contributed by atoms with Crippen molar-refractivity contribution < 1.29 is 9.18 Å². The quantitative estimate of drug-likeness (QED) is 0.693. The highest BCUT2D eigenvalue weighted by Gasteiger charge is 2.14. The van der Waals surface area contributed by atoms with Crippen molar-refractivity contribution in [2.45, 2.75) is 26.4 Å². The van der Waals surface area contributed by atoms with Crippen molar-refractivity contribution in [1.82, 2.24) is 15.3 Å². The average Bonchev–Trinajstić information content (AvgIpc) is 2.67. The number of nitrogens with zero attached hydrogens (tertiary/aromatic N) is 2. The number of hydrogen-bond donors (Lipinski definition) is 2. The Hall–Kier alpha value is -3.28.